The van der Waals surface area contributed by atoms with Crippen LogP contribution in [0.2, 0.25) is 0 Å². The number of anilines is 1. The van der Waals surface area contributed by atoms with Crippen LogP contribution in [0.3, 0.4) is 0 Å². The first-order chi connectivity index (χ1) is 13.5. The fourth-order valence-electron chi connectivity index (χ4n) is 3.31. The Hall–Kier alpha value is -2.49. The number of nitrogens with one attached hydrogen (secondary N) is 1. The number of hydrogen-bond acceptors (Lipinski definition) is 6. The van der Waals surface area contributed by atoms with E-state index in [4.69, 9.17) is 9.47 Å². The molecule has 0 spiro atoms. The van der Waals surface area contributed by atoms with Crippen molar-refractivity contribution in [2.75, 3.05) is 25.1 Å². The molecule has 0 aliphatic carbocycles. The largest absolute Gasteiger partial charge is 0.482 e. The van der Waals surface area contributed by atoms with Crippen LogP contribution in [0.4, 0.5) is 5.69 Å². The van der Waals surface area contributed by atoms with Gasteiger partial charge in [-0.2, -0.15) is 4.31 Å². The molecule has 1 atom stereocenters. The number of fused-ring (bicyclic) bond motifs is 1. The second-order valence-corrected chi connectivity index (χ2v) is 8.69. The first-order valence-electron chi connectivity index (χ1n) is 9.11. The molecule has 1 aromatic carbocycles. The molecule has 9 heteroatoms. The molecule has 0 radical (unpaired) electrons. The van der Waals surface area contributed by atoms with E-state index in [0.29, 0.717) is 23.7 Å². The van der Waals surface area contributed by atoms with Crippen molar-refractivity contribution in [3.05, 3.63) is 48.3 Å². The van der Waals surface area contributed by atoms with E-state index in [2.05, 4.69) is 10.3 Å². The molecule has 0 bridgehead atoms. The Balaban J connectivity index is 1.65. The number of benzene rings is 1. The zero-order valence-corrected chi connectivity index (χ0v) is 16.0. The smallest absolute Gasteiger partial charge is 0.262 e. The number of carbonyl (C=O) groups excluding carboxylic acids is 1. The van der Waals surface area contributed by atoms with Crippen LogP contribution in [-0.2, 0) is 26.1 Å². The molecule has 2 aliphatic heterocycles. The summed E-state index contributed by atoms with van der Waals surface area (Å²) >= 11 is 0. The second kappa shape index (κ2) is 7.86. The maximum atomic E-state index is 13.4. The minimum Gasteiger partial charge on any atom is -0.482 e. The number of rotatable bonds is 6. The molecule has 0 saturated carbocycles. The van der Waals surface area contributed by atoms with Gasteiger partial charge in [0, 0.05) is 19.3 Å². The molecule has 2 aromatic rings. The van der Waals surface area contributed by atoms with Crippen LogP contribution in [-0.4, -0.2) is 49.5 Å². The van der Waals surface area contributed by atoms with E-state index in [1.165, 1.54) is 16.4 Å². The molecule has 8 nitrogen and oxygen atoms in total. The molecule has 3 heterocycles. The highest BCUT2D eigenvalue weighted by atomic mass is 32.2. The van der Waals surface area contributed by atoms with Crippen molar-refractivity contribution in [1.29, 1.82) is 0 Å². The summed E-state index contributed by atoms with van der Waals surface area (Å²) in [5.41, 5.74) is 1.01. The lowest BCUT2D eigenvalue weighted by Crippen LogP contribution is -2.37. The van der Waals surface area contributed by atoms with Crippen LogP contribution in [0.25, 0.3) is 0 Å². The maximum Gasteiger partial charge on any atom is 0.262 e. The number of aromatic nitrogens is 1. The molecule has 1 fully saturated rings. The van der Waals surface area contributed by atoms with Gasteiger partial charge in [-0.1, -0.05) is 6.07 Å². The summed E-state index contributed by atoms with van der Waals surface area (Å²) in [6, 6.07) is 9.89. The van der Waals surface area contributed by atoms with Gasteiger partial charge in [0.25, 0.3) is 5.91 Å². The number of carbonyl (C=O) groups is 1. The van der Waals surface area contributed by atoms with E-state index in [1.54, 1.807) is 24.4 Å². The van der Waals surface area contributed by atoms with Gasteiger partial charge in [0.15, 0.2) is 6.61 Å². The van der Waals surface area contributed by atoms with E-state index in [1.807, 2.05) is 6.07 Å². The van der Waals surface area contributed by atoms with Gasteiger partial charge in [-0.15, -0.1) is 0 Å². The van der Waals surface area contributed by atoms with Gasteiger partial charge in [0.2, 0.25) is 10.0 Å². The number of pyridine rings is 1. The molecule has 1 unspecified atom stereocenters. The van der Waals surface area contributed by atoms with Gasteiger partial charge in [0.05, 0.1) is 28.9 Å². The van der Waals surface area contributed by atoms with E-state index < -0.39 is 10.0 Å². The fraction of sp³-hybridized carbons (Fsp3) is 0.368. The third-order valence-electron chi connectivity index (χ3n) is 4.72. The average Bonchev–Trinajstić information content (AvgIpc) is 3.21. The Labute approximate surface area is 163 Å². The van der Waals surface area contributed by atoms with Crippen molar-refractivity contribution >= 4 is 21.6 Å². The molecular formula is C19H21N3O5S. The van der Waals surface area contributed by atoms with E-state index >= 15 is 0 Å². The lowest BCUT2D eigenvalue weighted by atomic mass is 10.2. The third kappa shape index (κ3) is 4.01. The van der Waals surface area contributed by atoms with Crippen molar-refractivity contribution in [2.45, 2.75) is 30.4 Å². The maximum absolute atomic E-state index is 13.4. The normalized spacial score (nSPS) is 19.2. The van der Waals surface area contributed by atoms with Gasteiger partial charge in [-0.05, 0) is 43.2 Å². The van der Waals surface area contributed by atoms with Gasteiger partial charge in [0.1, 0.15) is 5.75 Å². The van der Waals surface area contributed by atoms with Gasteiger partial charge in [-0.3, -0.25) is 9.78 Å². The lowest BCUT2D eigenvalue weighted by Gasteiger charge is -2.25. The molecule has 1 amide bonds. The summed E-state index contributed by atoms with van der Waals surface area (Å²) in [6.45, 7) is 0.954. The molecule has 1 saturated heterocycles. The molecule has 1 N–H and O–H groups in total. The minimum atomic E-state index is -3.83. The second-order valence-electron chi connectivity index (χ2n) is 6.75. The summed E-state index contributed by atoms with van der Waals surface area (Å²) in [5.74, 6) is 0.140. The number of hydrogen-bond donors (Lipinski definition) is 1. The third-order valence-corrected chi connectivity index (χ3v) is 6.53. The molecule has 148 valence electrons. The summed E-state index contributed by atoms with van der Waals surface area (Å²) in [4.78, 5) is 15.9. The zero-order valence-electron chi connectivity index (χ0n) is 15.2. The highest BCUT2D eigenvalue weighted by molar-refractivity contribution is 7.89. The Morgan fingerprint density at radius 1 is 1.25 bits per heavy atom. The molecule has 2 aliphatic rings. The predicted molar refractivity (Wildman–Crippen MR) is 101 cm³/mol. The van der Waals surface area contributed by atoms with Crippen LogP contribution in [0.1, 0.15) is 18.5 Å². The molecule has 4 rings (SSSR count). The van der Waals surface area contributed by atoms with Crippen LogP contribution < -0.4 is 10.1 Å². The summed E-state index contributed by atoms with van der Waals surface area (Å²) < 4.78 is 39.1. The standard InChI is InChI=1S/C19H21N3O5S/c23-19-13-27-18-7-6-16(10-17(18)21-19)28(24,25)22(12-15-5-3-9-26-15)11-14-4-1-2-8-20-14/h1-2,4,6-8,10,15H,3,5,9,11-13H2,(H,21,23). The number of sulfonamides is 1. The number of amides is 1. The van der Waals surface area contributed by atoms with Crippen LogP contribution >= 0.6 is 0 Å². The van der Waals surface area contributed by atoms with Crippen LogP contribution in [0, 0.1) is 0 Å². The number of nitrogens with zero attached hydrogens (tertiary/aromatic N) is 2. The van der Waals surface area contributed by atoms with Crippen molar-refractivity contribution in [2.24, 2.45) is 0 Å². The first kappa shape index (κ1) is 18.9. The van der Waals surface area contributed by atoms with E-state index in [0.717, 1.165) is 12.8 Å². The fourth-order valence-corrected chi connectivity index (χ4v) is 4.78. The Morgan fingerprint density at radius 2 is 2.14 bits per heavy atom. The Morgan fingerprint density at radius 3 is 2.89 bits per heavy atom. The van der Waals surface area contributed by atoms with Gasteiger partial charge in [-0.25, -0.2) is 8.42 Å². The first-order valence-corrected chi connectivity index (χ1v) is 10.5. The lowest BCUT2D eigenvalue weighted by molar-refractivity contribution is -0.118. The summed E-state index contributed by atoms with van der Waals surface area (Å²) in [6.07, 6.45) is 3.24. The quantitative estimate of drug-likeness (QED) is 0.790. The van der Waals surface area contributed by atoms with Crippen molar-refractivity contribution in [3.63, 3.8) is 0 Å². The van der Waals surface area contributed by atoms with Crippen molar-refractivity contribution in [3.8, 4) is 5.75 Å². The average molecular weight is 403 g/mol. The van der Waals surface area contributed by atoms with Gasteiger partial charge >= 0.3 is 0 Å². The predicted octanol–water partition coefficient (Wildman–Crippen LogP) is 1.78. The molecule has 1 aromatic heterocycles. The van der Waals surface area contributed by atoms with E-state index in [-0.39, 0.29) is 36.6 Å². The van der Waals surface area contributed by atoms with E-state index in [9.17, 15) is 13.2 Å². The monoisotopic (exact) mass is 403 g/mol. The highest BCUT2D eigenvalue weighted by Gasteiger charge is 2.30. The molecular weight excluding hydrogens is 382 g/mol. The number of ether oxygens (including phenoxy) is 2. The summed E-state index contributed by atoms with van der Waals surface area (Å²) in [5, 5.41) is 2.65. The van der Waals surface area contributed by atoms with Crippen molar-refractivity contribution < 1.29 is 22.7 Å². The topological polar surface area (TPSA) is 97.8 Å². The summed E-state index contributed by atoms with van der Waals surface area (Å²) in [7, 11) is -3.83. The Bertz CT molecular complexity index is 959. The Kier molecular flexibility index (Phi) is 5.29. The minimum absolute atomic E-state index is 0.0794. The van der Waals surface area contributed by atoms with Crippen LogP contribution in [0.5, 0.6) is 5.75 Å². The van der Waals surface area contributed by atoms with Gasteiger partial charge < -0.3 is 14.8 Å². The SMILES string of the molecule is O=C1COc2ccc(S(=O)(=O)N(Cc3ccccn3)CC3CCCO3)cc2N1. The van der Waals surface area contributed by atoms with Crippen molar-refractivity contribution in [1.82, 2.24) is 9.29 Å². The highest BCUT2D eigenvalue weighted by Crippen LogP contribution is 2.32. The molecule has 28 heavy (non-hydrogen) atoms. The van der Waals surface area contributed by atoms with Crippen LogP contribution in [0.15, 0.2) is 47.5 Å². The zero-order chi connectivity index (χ0) is 19.6.